The zero-order chi connectivity index (χ0) is 16.8. The van der Waals surface area contributed by atoms with Crippen LogP contribution in [0.25, 0.3) is 0 Å². The lowest BCUT2D eigenvalue weighted by atomic mass is 10.2. The average Bonchev–Trinajstić information content (AvgIpc) is 2.43. The molecule has 0 heterocycles. The Kier molecular flexibility index (Phi) is 6.67. The lowest BCUT2D eigenvalue weighted by molar-refractivity contribution is -0.120. The zero-order valence-electron chi connectivity index (χ0n) is 13.5. The smallest absolute Gasteiger partial charge is 0.240 e. The predicted octanol–water partition coefficient (Wildman–Crippen LogP) is 1.77. The zero-order valence-corrected chi connectivity index (χ0v) is 14.3. The standard InChI is InChI=1S/C15H24N2O4S/c1-5-7-12(2)16-15(18)11-17(22(4,19)20)13-8-6-9-14(10-13)21-3/h6,8-10,12H,5,7,11H2,1-4H3,(H,16,18). The van der Waals surface area contributed by atoms with Crippen LogP contribution in [0.3, 0.4) is 0 Å². The van der Waals surface area contributed by atoms with Gasteiger partial charge in [0.05, 0.1) is 19.1 Å². The highest BCUT2D eigenvalue weighted by Gasteiger charge is 2.21. The van der Waals surface area contributed by atoms with Crippen molar-refractivity contribution in [1.29, 1.82) is 0 Å². The molecule has 0 spiro atoms. The summed E-state index contributed by atoms with van der Waals surface area (Å²) in [6.07, 6.45) is 2.88. The third kappa shape index (κ3) is 5.55. The van der Waals surface area contributed by atoms with Gasteiger partial charge in [-0.25, -0.2) is 8.42 Å². The Hall–Kier alpha value is -1.76. The molecule has 0 bridgehead atoms. The largest absolute Gasteiger partial charge is 0.497 e. The summed E-state index contributed by atoms with van der Waals surface area (Å²) >= 11 is 0. The molecule has 124 valence electrons. The molecule has 1 amide bonds. The minimum atomic E-state index is -3.57. The molecule has 0 aliphatic rings. The van der Waals surface area contributed by atoms with Crippen LogP contribution in [0.5, 0.6) is 5.75 Å². The van der Waals surface area contributed by atoms with Crippen LogP contribution in [0.15, 0.2) is 24.3 Å². The number of methoxy groups -OCH3 is 1. The van der Waals surface area contributed by atoms with Crippen molar-refractivity contribution >= 4 is 21.6 Å². The SMILES string of the molecule is CCCC(C)NC(=O)CN(c1cccc(OC)c1)S(C)(=O)=O. The Bertz CT molecular complexity index is 601. The number of hydrogen-bond donors (Lipinski definition) is 1. The van der Waals surface area contributed by atoms with Gasteiger partial charge in [-0.05, 0) is 25.5 Å². The van der Waals surface area contributed by atoms with Gasteiger partial charge in [-0.1, -0.05) is 19.4 Å². The van der Waals surface area contributed by atoms with Gasteiger partial charge in [0, 0.05) is 12.1 Å². The predicted molar refractivity (Wildman–Crippen MR) is 87.7 cm³/mol. The van der Waals surface area contributed by atoms with Gasteiger partial charge < -0.3 is 10.1 Å². The van der Waals surface area contributed by atoms with Crippen LogP contribution in [0.2, 0.25) is 0 Å². The summed E-state index contributed by atoms with van der Waals surface area (Å²) < 4.78 is 30.1. The number of anilines is 1. The third-order valence-electron chi connectivity index (χ3n) is 3.16. The highest BCUT2D eigenvalue weighted by Crippen LogP contribution is 2.22. The molecule has 0 saturated carbocycles. The van der Waals surface area contributed by atoms with Crippen molar-refractivity contribution in [2.75, 3.05) is 24.2 Å². The fraction of sp³-hybridized carbons (Fsp3) is 0.533. The van der Waals surface area contributed by atoms with Gasteiger partial charge in [-0.3, -0.25) is 9.10 Å². The minimum absolute atomic E-state index is 0.0178. The van der Waals surface area contributed by atoms with E-state index in [9.17, 15) is 13.2 Å². The maximum Gasteiger partial charge on any atom is 0.240 e. The molecule has 0 radical (unpaired) electrons. The van der Waals surface area contributed by atoms with E-state index in [1.807, 2.05) is 13.8 Å². The number of carbonyl (C=O) groups is 1. The normalized spacial score (nSPS) is 12.5. The molecule has 1 atom stereocenters. The van der Waals surface area contributed by atoms with Crippen LogP contribution in [0, 0.1) is 0 Å². The van der Waals surface area contributed by atoms with Gasteiger partial charge in [-0.15, -0.1) is 0 Å². The number of carbonyl (C=O) groups excluding carboxylic acids is 1. The van der Waals surface area contributed by atoms with Crippen LogP contribution < -0.4 is 14.4 Å². The second-order valence-electron chi connectivity index (χ2n) is 5.23. The molecule has 7 heteroatoms. The number of hydrogen-bond acceptors (Lipinski definition) is 4. The molecule has 6 nitrogen and oxygen atoms in total. The van der Waals surface area contributed by atoms with E-state index < -0.39 is 10.0 Å². The van der Waals surface area contributed by atoms with E-state index in [0.717, 1.165) is 23.4 Å². The van der Waals surface area contributed by atoms with Crippen LogP contribution in [-0.4, -0.2) is 40.3 Å². The first kappa shape index (κ1) is 18.3. The average molecular weight is 328 g/mol. The van der Waals surface area contributed by atoms with E-state index in [4.69, 9.17) is 4.74 Å². The van der Waals surface area contributed by atoms with Gasteiger partial charge in [0.1, 0.15) is 12.3 Å². The van der Waals surface area contributed by atoms with Crippen molar-refractivity contribution in [3.05, 3.63) is 24.3 Å². The van der Waals surface area contributed by atoms with E-state index in [-0.39, 0.29) is 18.5 Å². The molecule has 1 rings (SSSR count). The lowest BCUT2D eigenvalue weighted by Gasteiger charge is -2.23. The van der Waals surface area contributed by atoms with Crippen LogP contribution >= 0.6 is 0 Å². The number of nitrogens with zero attached hydrogens (tertiary/aromatic N) is 1. The van der Waals surface area contributed by atoms with Crippen molar-refractivity contribution in [2.24, 2.45) is 0 Å². The molecule has 1 N–H and O–H groups in total. The molecular weight excluding hydrogens is 304 g/mol. The summed E-state index contributed by atoms with van der Waals surface area (Å²) in [6.45, 7) is 3.68. The van der Waals surface area contributed by atoms with Gasteiger partial charge in [0.15, 0.2) is 0 Å². The first-order valence-electron chi connectivity index (χ1n) is 7.19. The van der Waals surface area contributed by atoms with E-state index in [1.165, 1.54) is 7.11 Å². The maximum atomic E-state index is 12.1. The Labute approximate surface area is 132 Å². The summed E-state index contributed by atoms with van der Waals surface area (Å²) in [5, 5.41) is 2.81. The minimum Gasteiger partial charge on any atom is -0.497 e. The number of sulfonamides is 1. The van der Waals surface area contributed by atoms with Crippen LogP contribution in [0.4, 0.5) is 5.69 Å². The van der Waals surface area contributed by atoms with Crippen LogP contribution in [-0.2, 0) is 14.8 Å². The van der Waals surface area contributed by atoms with Crippen molar-refractivity contribution < 1.29 is 17.9 Å². The summed E-state index contributed by atoms with van der Waals surface area (Å²) in [4.78, 5) is 12.1. The monoisotopic (exact) mass is 328 g/mol. The number of nitrogens with one attached hydrogen (secondary N) is 1. The first-order valence-corrected chi connectivity index (χ1v) is 9.04. The summed E-state index contributed by atoms with van der Waals surface area (Å²) in [5.41, 5.74) is 0.403. The molecular formula is C15H24N2O4S. The summed E-state index contributed by atoms with van der Waals surface area (Å²) in [6, 6.07) is 6.64. The second kappa shape index (κ2) is 8.03. The molecule has 22 heavy (non-hydrogen) atoms. The lowest BCUT2D eigenvalue weighted by Crippen LogP contribution is -2.43. The molecule has 1 aromatic rings. The number of amides is 1. The molecule has 0 fully saturated rings. The topological polar surface area (TPSA) is 75.7 Å². The second-order valence-corrected chi connectivity index (χ2v) is 7.14. The van der Waals surface area contributed by atoms with Gasteiger partial charge in [0.25, 0.3) is 0 Å². The van der Waals surface area contributed by atoms with Crippen LogP contribution in [0.1, 0.15) is 26.7 Å². The summed E-state index contributed by atoms with van der Waals surface area (Å²) in [7, 11) is -2.07. The highest BCUT2D eigenvalue weighted by atomic mass is 32.2. The molecule has 0 aliphatic carbocycles. The molecule has 0 aliphatic heterocycles. The van der Waals surface area contributed by atoms with Crippen molar-refractivity contribution in [1.82, 2.24) is 5.32 Å². The van der Waals surface area contributed by atoms with Gasteiger partial charge in [0.2, 0.25) is 15.9 Å². The quantitative estimate of drug-likeness (QED) is 0.789. The molecule has 1 unspecified atom stereocenters. The number of benzene rings is 1. The van der Waals surface area contributed by atoms with Gasteiger partial charge >= 0.3 is 0 Å². The van der Waals surface area contributed by atoms with E-state index in [1.54, 1.807) is 24.3 Å². The number of ether oxygens (including phenoxy) is 1. The molecule has 1 aromatic carbocycles. The first-order chi connectivity index (χ1) is 10.3. The molecule has 0 aromatic heterocycles. The molecule has 0 saturated heterocycles. The van der Waals surface area contributed by atoms with E-state index in [0.29, 0.717) is 11.4 Å². The highest BCUT2D eigenvalue weighted by molar-refractivity contribution is 7.92. The van der Waals surface area contributed by atoms with Crippen molar-refractivity contribution in [3.8, 4) is 5.75 Å². The van der Waals surface area contributed by atoms with E-state index in [2.05, 4.69) is 5.32 Å². The Morgan fingerprint density at radius 3 is 2.64 bits per heavy atom. The number of rotatable bonds is 8. The fourth-order valence-electron chi connectivity index (χ4n) is 2.12. The Morgan fingerprint density at radius 1 is 1.41 bits per heavy atom. The third-order valence-corrected chi connectivity index (χ3v) is 4.30. The van der Waals surface area contributed by atoms with Gasteiger partial charge in [-0.2, -0.15) is 0 Å². The summed E-state index contributed by atoms with van der Waals surface area (Å²) in [5.74, 6) is 0.208. The van der Waals surface area contributed by atoms with E-state index >= 15 is 0 Å². The maximum absolute atomic E-state index is 12.1. The Balaban J connectivity index is 2.93. The fourth-order valence-corrected chi connectivity index (χ4v) is 2.97. The van der Waals surface area contributed by atoms with Crippen molar-refractivity contribution in [2.45, 2.75) is 32.7 Å². The Morgan fingerprint density at radius 2 is 2.09 bits per heavy atom. The van der Waals surface area contributed by atoms with Crippen molar-refractivity contribution in [3.63, 3.8) is 0 Å².